The van der Waals surface area contributed by atoms with Crippen molar-refractivity contribution in [1.29, 1.82) is 0 Å². The Kier molecular flexibility index (Phi) is 6.52. The van der Waals surface area contributed by atoms with Crippen LogP contribution in [0.15, 0.2) is 46.3 Å². The molecule has 3 rings (SSSR count). The number of aromatic nitrogens is 2. The first-order valence-electron chi connectivity index (χ1n) is 9.49. The van der Waals surface area contributed by atoms with Gasteiger partial charge < -0.3 is 0 Å². The monoisotopic (exact) mass is 440 g/mol. The number of rotatable bonds is 6. The Morgan fingerprint density at radius 2 is 1.65 bits per heavy atom. The van der Waals surface area contributed by atoms with E-state index in [1.54, 1.807) is 40.1 Å². The summed E-state index contributed by atoms with van der Waals surface area (Å²) in [4.78, 5) is 38.1. The van der Waals surface area contributed by atoms with Crippen LogP contribution in [0.5, 0.6) is 0 Å². The fraction of sp³-hybridized carbons (Fsp3) is 0.238. The number of aromatic amines is 1. The van der Waals surface area contributed by atoms with E-state index in [9.17, 15) is 14.4 Å². The number of nitrogens with zero attached hydrogens (tertiary/aromatic N) is 3. The highest BCUT2D eigenvalue weighted by molar-refractivity contribution is 7.15. The summed E-state index contributed by atoms with van der Waals surface area (Å²) in [5, 5.41) is 8.67. The van der Waals surface area contributed by atoms with Crippen LogP contribution in [-0.4, -0.2) is 46.4 Å². The van der Waals surface area contributed by atoms with Crippen LogP contribution < -0.4 is 16.4 Å². The zero-order valence-electron chi connectivity index (χ0n) is 17.9. The molecule has 31 heavy (non-hydrogen) atoms. The van der Waals surface area contributed by atoms with Crippen molar-refractivity contribution in [2.45, 2.75) is 20.8 Å². The van der Waals surface area contributed by atoms with E-state index < -0.39 is 5.91 Å². The second-order valence-corrected chi connectivity index (χ2v) is 8.31. The zero-order chi connectivity index (χ0) is 22.7. The van der Waals surface area contributed by atoms with E-state index in [1.165, 1.54) is 9.69 Å². The van der Waals surface area contributed by atoms with Gasteiger partial charge in [0.05, 0.1) is 26.7 Å². The number of hydrazone groups is 1. The largest absolute Gasteiger partial charge is 0.295 e. The summed E-state index contributed by atoms with van der Waals surface area (Å²) in [6.45, 7) is 5.40. The van der Waals surface area contributed by atoms with E-state index in [1.807, 2.05) is 31.2 Å². The van der Waals surface area contributed by atoms with Crippen molar-refractivity contribution in [3.05, 3.63) is 73.3 Å². The number of benzene rings is 1. The number of carbonyl (C=O) groups is 2. The van der Waals surface area contributed by atoms with Gasteiger partial charge >= 0.3 is 0 Å². The molecule has 2 amide bonds. The number of amides is 2. The third-order valence-corrected chi connectivity index (χ3v) is 5.51. The number of aryl methyl sites for hydroxylation is 2. The van der Waals surface area contributed by atoms with E-state index in [0.29, 0.717) is 32.4 Å². The van der Waals surface area contributed by atoms with Crippen molar-refractivity contribution in [1.82, 2.24) is 25.6 Å². The van der Waals surface area contributed by atoms with Gasteiger partial charge in [0, 0.05) is 19.8 Å². The molecular formula is C21H24N6O3S. The highest BCUT2D eigenvalue weighted by Gasteiger charge is 2.17. The van der Waals surface area contributed by atoms with E-state index in [0.717, 1.165) is 16.9 Å². The van der Waals surface area contributed by atoms with Gasteiger partial charge in [-0.1, -0.05) is 17.7 Å². The number of hydrazine groups is 1. The van der Waals surface area contributed by atoms with Crippen LogP contribution in [0.2, 0.25) is 0 Å². The van der Waals surface area contributed by atoms with Crippen LogP contribution in [0.25, 0.3) is 5.69 Å². The first-order chi connectivity index (χ1) is 14.7. The topological polar surface area (TPSA) is 112 Å². The van der Waals surface area contributed by atoms with Gasteiger partial charge in [0.1, 0.15) is 0 Å². The normalized spacial score (nSPS) is 11.6. The minimum absolute atomic E-state index is 0.254. The molecular weight excluding hydrogens is 416 g/mol. The molecule has 10 heteroatoms. The second-order valence-electron chi connectivity index (χ2n) is 7.23. The van der Waals surface area contributed by atoms with Gasteiger partial charge in [0.15, 0.2) is 0 Å². The summed E-state index contributed by atoms with van der Waals surface area (Å²) in [5.74, 6) is -0.756. The molecule has 0 saturated carbocycles. The number of hydrogen-bond donors (Lipinski definition) is 3. The van der Waals surface area contributed by atoms with Crippen molar-refractivity contribution >= 4 is 28.9 Å². The third kappa shape index (κ3) is 4.98. The maximum atomic E-state index is 12.9. The van der Waals surface area contributed by atoms with E-state index >= 15 is 0 Å². The molecule has 2 heterocycles. The fourth-order valence-electron chi connectivity index (χ4n) is 2.93. The Morgan fingerprint density at radius 1 is 1.03 bits per heavy atom. The van der Waals surface area contributed by atoms with Gasteiger partial charge in [-0.15, -0.1) is 11.3 Å². The molecule has 0 saturated heterocycles. The molecule has 1 aromatic carbocycles. The minimum atomic E-state index is -0.458. The molecule has 0 bridgehead atoms. The van der Waals surface area contributed by atoms with Crippen LogP contribution in [0.3, 0.4) is 0 Å². The van der Waals surface area contributed by atoms with Gasteiger partial charge in [-0.05, 0) is 45.0 Å². The van der Waals surface area contributed by atoms with E-state index in [-0.39, 0.29) is 11.5 Å². The Balaban J connectivity index is 1.77. The molecule has 3 N–H and O–H groups in total. The van der Waals surface area contributed by atoms with E-state index in [4.69, 9.17) is 0 Å². The number of H-pyrrole nitrogens is 1. The Hall–Kier alpha value is -3.50. The predicted octanol–water partition coefficient (Wildman–Crippen LogP) is 2.20. The number of nitrogens with one attached hydrogen (secondary N) is 3. The zero-order valence-corrected chi connectivity index (χ0v) is 18.8. The Bertz CT molecular complexity index is 1200. The molecule has 0 aliphatic heterocycles. The molecule has 0 radical (unpaired) electrons. The van der Waals surface area contributed by atoms with Gasteiger partial charge in [0.2, 0.25) is 0 Å². The van der Waals surface area contributed by atoms with Gasteiger partial charge in [-0.2, -0.15) is 5.10 Å². The highest BCUT2D eigenvalue weighted by atomic mass is 32.1. The van der Waals surface area contributed by atoms with Crippen LogP contribution >= 0.6 is 11.3 Å². The van der Waals surface area contributed by atoms with Crippen molar-refractivity contribution in [3.63, 3.8) is 0 Å². The summed E-state index contributed by atoms with van der Waals surface area (Å²) in [5.41, 5.74) is 8.03. The van der Waals surface area contributed by atoms with Crippen LogP contribution in [-0.2, 0) is 0 Å². The lowest BCUT2D eigenvalue weighted by Crippen LogP contribution is -2.35. The SMILES string of the molecule is CC(=NNC(=O)c1ccc(C(=O)NN(C)C)s1)c1c(C)[nH]n(-c2ccc(C)cc2)c1=O. The van der Waals surface area contributed by atoms with Gasteiger partial charge in [-0.3, -0.25) is 24.9 Å². The molecule has 162 valence electrons. The number of hydrogen-bond acceptors (Lipinski definition) is 6. The van der Waals surface area contributed by atoms with Gasteiger partial charge in [-0.25, -0.2) is 15.1 Å². The van der Waals surface area contributed by atoms with Gasteiger partial charge in [0.25, 0.3) is 17.4 Å². The third-order valence-electron chi connectivity index (χ3n) is 4.43. The minimum Gasteiger partial charge on any atom is -0.295 e. The Labute approximate surface area is 183 Å². The van der Waals surface area contributed by atoms with Crippen LogP contribution in [0, 0.1) is 13.8 Å². The molecule has 0 atom stereocenters. The highest BCUT2D eigenvalue weighted by Crippen LogP contribution is 2.16. The lowest BCUT2D eigenvalue weighted by Gasteiger charge is -2.09. The lowest BCUT2D eigenvalue weighted by atomic mass is 10.2. The quantitative estimate of drug-likeness (QED) is 0.403. The summed E-state index contributed by atoms with van der Waals surface area (Å²) < 4.78 is 1.44. The van der Waals surface area contributed by atoms with Crippen LogP contribution in [0.1, 0.15) is 43.1 Å². The fourth-order valence-corrected chi connectivity index (χ4v) is 3.72. The molecule has 0 spiro atoms. The lowest BCUT2D eigenvalue weighted by molar-refractivity contribution is 0.0861. The molecule has 9 nitrogen and oxygen atoms in total. The van der Waals surface area contributed by atoms with E-state index in [2.05, 4.69) is 21.1 Å². The summed E-state index contributed by atoms with van der Waals surface area (Å²) >= 11 is 1.06. The maximum absolute atomic E-state index is 12.9. The van der Waals surface area contributed by atoms with Crippen molar-refractivity contribution in [2.75, 3.05) is 14.1 Å². The van der Waals surface area contributed by atoms with Crippen molar-refractivity contribution < 1.29 is 9.59 Å². The second kappa shape index (κ2) is 9.11. The number of carbonyl (C=O) groups excluding carboxylic acids is 2. The first-order valence-corrected chi connectivity index (χ1v) is 10.3. The average molecular weight is 441 g/mol. The molecule has 0 unspecified atom stereocenters. The summed E-state index contributed by atoms with van der Waals surface area (Å²) in [7, 11) is 3.40. The Morgan fingerprint density at radius 3 is 2.26 bits per heavy atom. The smallest absolute Gasteiger partial charge is 0.281 e. The standard InChI is InChI=1S/C21H24N6O3S/c1-12-6-8-15(9-7-12)27-21(30)18(14(3)24-27)13(2)22-23-19(28)16-10-11-17(31-16)20(29)25-26(4)5/h6-11,24H,1-5H3,(H,23,28)(H,25,29). The number of thiophene rings is 1. The van der Waals surface area contributed by atoms with Crippen molar-refractivity contribution in [3.8, 4) is 5.69 Å². The first kappa shape index (κ1) is 22.2. The molecule has 2 aromatic heterocycles. The average Bonchev–Trinajstić information content (AvgIpc) is 3.31. The summed E-state index contributed by atoms with van der Waals surface area (Å²) in [6, 6.07) is 10.7. The molecule has 0 fully saturated rings. The van der Waals surface area contributed by atoms with Crippen LogP contribution in [0.4, 0.5) is 0 Å². The van der Waals surface area contributed by atoms with Crippen molar-refractivity contribution in [2.24, 2.45) is 5.10 Å². The molecule has 0 aliphatic carbocycles. The molecule has 3 aromatic rings. The summed E-state index contributed by atoms with van der Waals surface area (Å²) in [6.07, 6.45) is 0. The maximum Gasteiger partial charge on any atom is 0.281 e. The molecule has 0 aliphatic rings. The predicted molar refractivity (Wildman–Crippen MR) is 121 cm³/mol.